The molecule has 2 saturated heterocycles. The maximum absolute atomic E-state index is 12.9. The van der Waals surface area contributed by atoms with Gasteiger partial charge in [-0.3, -0.25) is 20.2 Å². The first-order valence-corrected chi connectivity index (χ1v) is 9.26. The molecule has 2 N–H and O–H groups in total. The van der Waals surface area contributed by atoms with Gasteiger partial charge >= 0.3 is 6.03 Å². The summed E-state index contributed by atoms with van der Waals surface area (Å²) in [6, 6.07) is 5.72. The van der Waals surface area contributed by atoms with Crippen LogP contribution in [-0.4, -0.2) is 48.1 Å². The van der Waals surface area contributed by atoms with E-state index in [9.17, 15) is 18.8 Å². The zero-order chi connectivity index (χ0) is 17.9. The Morgan fingerprint density at radius 1 is 1.04 bits per heavy atom. The fraction of sp³-hybridized carbons (Fsp3) is 0.471. The van der Waals surface area contributed by atoms with Crippen molar-refractivity contribution >= 4 is 29.6 Å². The van der Waals surface area contributed by atoms with Crippen molar-refractivity contribution in [3.63, 3.8) is 0 Å². The van der Waals surface area contributed by atoms with Gasteiger partial charge in [-0.2, -0.15) is 0 Å². The molecule has 0 aliphatic carbocycles. The molecule has 2 aliphatic heterocycles. The quantitative estimate of drug-likeness (QED) is 0.472. The fourth-order valence-corrected chi connectivity index (χ4v) is 4.04. The van der Waals surface area contributed by atoms with E-state index in [2.05, 4.69) is 15.5 Å². The Hall–Kier alpha value is -1.93. The summed E-state index contributed by atoms with van der Waals surface area (Å²) in [6.07, 6.45) is 1.80. The smallest absolute Gasteiger partial charge is 0.303 e. The molecule has 8 heteroatoms. The van der Waals surface area contributed by atoms with Gasteiger partial charge in [0.15, 0.2) is 0 Å². The first-order valence-electron chi connectivity index (χ1n) is 8.27. The van der Waals surface area contributed by atoms with Crippen LogP contribution in [0.15, 0.2) is 29.2 Å². The van der Waals surface area contributed by atoms with Gasteiger partial charge in [-0.15, -0.1) is 11.8 Å². The van der Waals surface area contributed by atoms with E-state index in [0.717, 1.165) is 23.6 Å². The van der Waals surface area contributed by atoms with Crippen molar-refractivity contribution in [1.82, 2.24) is 15.5 Å². The molecule has 1 spiro atoms. The van der Waals surface area contributed by atoms with Crippen LogP contribution in [0.2, 0.25) is 0 Å². The molecule has 1 aromatic carbocycles. The van der Waals surface area contributed by atoms with Crippen LogP contribution < -0.4 is 10.6 Å². The van der Waals surface area contributed by atoms with Crippen LogP contribution in [0.3, 0.4) is 0 Å². The number of barbiturate groups is 1. The molecule has 134 valence electrons. The maximum atomic E-state index is 12.9. The second kappa shape index (κ2) is 7.53. The molecule has 0 atom stereocenters. The molecule has 2 aliphatic rings. The van der Waals surface area contributed by atoms with E-state index in [1.165, 1.54) is 12.1 Å². The van der Waals surface area contributed by atoms with Crippen molar-refractivity contribution in [2.24, 2.45) is 5.41 Å². The first kappa shape index (κ1) is 17.9. The third-order valence-electron chi connectivity index (χ3n) is 4.73. The second-order valence-corrected chi connectivity index (χ2v) is 7.49. The number of benzene rings is 1. The normalized spacial score (nSPS) is 20.4. The van der Waals surface area contributed by atoms with Crippen LogP contribution in [-0.2, 0) is 9.59 Å². The highest BCUT2D eigenvalue weighted by molar-refractivity contribution is 7.99. The predicted molar refractivity (Wildman–Crippen MR) is 91.5 cm³/mol. The summed E-state index contributed by atoms with van der Waals surface area (Å²) in [5.41, 5.74) is -1.10. The molecule has 0 saturated carbocycles. The standard InChI is InChI=1S/C17H20FN3O3S/c18-12-2-4-13(5-3-12)25-11-1-8-21-9-6-17(7-10-21)14(22)19-16(24)20-15(17)23/h2-5H,1,6-11H2,(H2,19,20,22,23,24). The Morgan fingerprint density at radius 3 is 2.24 bits per heavy atom. The average molecular weight is 365 g/mol. The molecule has 2 heterocycles. The van der Waals surface area contributed by atoms with Gasteiger partial charge in [0.1, 0.15) is 11.2 Å². The van der Waals surface area contributed by atoms with Crippen molar-refractivity contribution in [1.29, 1.82) is 0 Å². The molecule has 0 unspecified atom stereocenters. The number of thioether (sulfide) groups is 1. The number of likely N-dealkylation sites (tertiary alicyclic amines) is 1. The summed E-state index contributed by atoms with van der Waals surface area (Å²) in [4.78, 5) is 38.7. The molecule has 0 aromatic heterocycles. The Bertz CT molecular complexity index is 650. The highest BCUT2D eigenvalue weighted by Gasteiger charge is 2.51. The number of nitrogens with one attached hydrogen (secondary N) is 2. The van der Waals surface area contributed by atoms with Gasteiger partial charge in [-0.1, -0.05) is 0 Å². The number of urea groups is 1. The Balaban J connectivity index is 1.42. The van der Waals surface area contributed by atoms with Gasteiger partial charge in [0, 0.05) is 4.90 Å². The third kappa shape index (κ3) is 4.01. The SMILES string of the molecule is O=C1NC(=O)C2(CCN(CCCSc3ccc(F)cc3)CC2)C(=O)N1. The van der Waals surface area contributed by atoms with Gasteiger partial charge in [0.05, 0.1) is 0 Å². The van der Waals surface area contributed by atoms with Gasteiger partial charge in [-0.05, 0) is 68.9 Å². The van der Waals surface area contributed by atoms with Gasteiger partial charge in [0.2, 0.25) is 11.8 Å². The zero-order valence-corrected chi connectivity index (χ0v) is 14.5. The summed E-state index contributed by atoms with van der Waals surface area (Å²) >= 11 is 1.68. The minimum atomic E-state index is -1.10. The highest BCUT2D eigenvalue weighted by atomic mass is 32.2. The van der Waals surface area contributed by atoms with Crippen molar-refractivity contribution in [2.75, 3.05) is 25.4 Å². The van der Waals surface area contributed by atoms with Crippen LogP contribution in [0.1, 0.15) is 19.3 Å². The lowest BCUT2D eigenvalue weighted by Gasteiger charge is -2.40. The van der Waals surface area contributed by atoms with Crippen molar-refractivity contribution in [3.8, 4) is 0 Å². The first-order chi connectivity index (χ1) is 12.0. The van der Waals surface area contributed by atoms with Crippen LogP contribution in [0.25, 0.3) is 0 Å². The van der Waals surface area contributed by atoms with Crippen molar-refractivity contribution in [2.45, 2.75) is 24.2 Å². The summed E-state index contributed by atoms with van der Waals surface area (Å²) in [5, 5.41) is 4.40. The topological polar surface area (TPSA) is 78.5 Å². The molecule has 25 heavy (non-hydrogen) atoms. The van der Waals surface area contributed by atoms with E-state index in [-0.39, 0.29) is 5.82 Å². The van der Waals surface area contributed by atoms with E-state index >= 15 is 0 Å². The monoisotopic (exact) mass is 365 g/mol. The lowest BCUT2D eigenvalue weighted by Crippen LogP contribution is -2.64. The van der Waals surface area contributed by atoms with Crippen LogP contribution in [0.4, 0.5) is 9.18 Å². The van der Waals surface area contributed by atoms with Crippen LogP contribution in [0, 0.1) is 11.2 Å². The number of hydrogen-bond acceptors (Lipinski definition) is 5. The Labute approximate surface area is 149 Å². The number of piperidine rings is 1. The summed E-state index contributed by atoms with van der Waals surface area (Å²) in [7, 11) is 0. The number of rotatable bonds is 5. The van der Waals surface area contributed by atoms with E-state index < -0.39 is 23.3 Å². The van der Waals surface area contributed by atoms with Crippen LogP contribution in [0.5, 0.6) is 0 Å². The maximum Gasteiger partial charge on any atom is 0.328 e. The third-order valence-corrected chi connectivity index (χ3v) is 5.83. The number of carbonyl (C=O) groups is 3. The molecule has 3 rings (SSSR count). The number of imide groups is 2. The summed E-state index contributed by atoms with van der Waals surface area (Å²) in [5.74, 6) is -0.271. The minimum absolute atomic E-state index is 0.232. The molecular formula is C17H20FN3O3S. The molecule has 0 bridgehead atoms. The van der Waals surface area contributed by atoms with E-state index in [0.29, 0.717) is 25.9 Å². The minimum Gasteiger partial charge on any atom is -0.303 e. The van der Waals surface area contributed by atoms with Gasteiger partial charge in [-0.25, -0.2) is 9.18 Å². The fourth-order valence-electron chi connectivity index (χ4n) is 3.20. The number of hydrogen-bond donors (Lipinski definition) is 2. The summed E-state index contributed by atoms with van der Waals surface area (Å²) < 4.78 is 12.9. The molecule has 0 radical (unpaired) electrons. The van der Waals surface area contributed by atoms with Gasteiger partial charge in [0.25, 0.3) is 0 Å². The number of nitrogens with zero attached hydrogens (tertiary/aromatic N) is 1. The zero-order valence-electron chi connectivity index (χ0n) is 13.7. The lowest BCUT2D eigenvalue weighted by molar-refractivity contribution is -0.147. The number of carbonyl (C=O) groups excluding carboxylic acids is 3. The number of halogens is 1. The van der Waals surface area contributed by atoms with E-state index in [1.54, 1.807) is 23.9 Å². The molecule has 2 fully saturated rings. The van der Waals surface area contributed by atoms with Crippen molar-refractivity contribution < 1.29 is 18.8 Å². The highest BCUT2D eigenvalue weighted by Crippen LogP contribution is 2.33. The molecule has 1 aromatic rings. The van der Waals surface area contributed by atoms with E-state index in [1.807, 2.05) is 0 Å². The molecule has 4 amide bonds. The molecular weight excluding hydrogens is 345 g/mol. The van der Waals surface area contributed by atoms with Gasteiger partial charge < -0.3 is 4.90 Å². The second-order valence-electron chi connectivity index (χ2n) is 6.32. The van der Waals surface area contributed by atoms with Crippen LogP contribution >= 0.6 is 11.8 Å². The average Bonchev–Trinajstić information content (AvgIpc) is 2.59. The predicted octanol–water partition coefficient (Wildman–Crippen LogP) is 1.76. The van der Waals surface area contributed by atoms with Crippen molar-refractivity contribution in [3.05, 3.63) is 30.1 Å². The van der Waals surface area contributed by atoms with E-state index in [4.69, 9.17) is 0 Å². The Kier molecular flexibility index (Phi) is 5.39. The Morgan fingerprint density at radius 2 is 1.64 bits per heavy atom. The number of amides is 4. The summed E-state index contributed by atoms with van der Waals surface area (Å²) in [6.45, 7) is 2.18. The largest absolute Gasteiger partial charge is 0.328 e. The molecule has 6 nitrogen and oxygen atoms in total. The lowest BCUT2D eigenvalue weighted by atomic mass is 9.75.